The second-order valence-electron chi connectivity index (χ2n) is 2.73. The van der Waals surface area contributed by atoms with Gasteiger partial charge in [-0.3, -0.25) is 0 Å². The van der Waals surface area contributed by atoms with E-state index >= 15 is 0 Å². The molecule has 74 valence electrons. The number of nitriles is 1. The molecule has 0 unspecified atom stereocenters. The normalized spacial score (nSPS) is 10.3. The molecular formula is C9H7BrF2N2. The van der Waals surface area contributed by atoms with Crippen molar-refractivity contribution < 1.29 is 8.78 Å². The minimum atomic E-state index is -2.64. The molecule has 0 saturated carbocycles. The topological polar surface area (TPSA) is 36.7 Å². The first kappa shape index (κ1) is 11.1. The Bertz CT molecular complexity index is 385. The van der Waals surface area contributed by atoms with Gasteiger partial charge in [0.15, 0.2) is 0 Å². The fraction of sp³-hybridized carbons (Fsp3) is 0.333. The standard InChI is InChI=1S/C9H7BrF2N2/c1-5-6(3-10)2-7(9(11)12)14-8(5)4-13/h2,9H,3H2,1H3. The third kappa shape index (κ3) is 2.07. The number of aromatic nitrogens is 1. The van der Waals surface area contributed by atoms with Gasteiger partial charge >= 0.3 is 0 Å². The lowest BCUT2D eigenvalue weighted by Gasteiger charge is -2.06. The van der Waals surface area contributed by atoms with Crippen molar-refractivity contribution in [3.63, 3.8) is 0 Å². The summed E-state index contributed by atoms with van der Waals surface area (Å²) in [5, 5.41) is 9.11. The molecule has 1 rings (SSSR count). The molecule has 0 aliphatic rings. The van der Waals surface area contributed by atoms with Gasteiger partial charge in [0.2, 0.25) is 0 Å². The Balaban J connectivity index is 3.34. The fourth-order valence-electron chi connectivity index (χ4n) is 1.04. The smallest absolute Gasteiger partial charge is 0.236 e. The van der Waals surface area contributed by atoms with Crippen molar-refractivity contribution in [1.82, 2.24) is 4.98 Å². The SMILES string of the molecule is Cc1c(CBr)cc(C(F)F)nc1C#N. The van der Waals surface area contributed by atoms with E-state index in [0.717, 1.165) is 0 Å². The van der Waals surface area contributed by atoms with E-state index in [9.17, 15) is 8.78 Å². The monoisotopic (exact) mass is 260 g/mol. The number of pyridine rings is 1. The van der Waals surface area contributed by atoms with E-state index in [0.29, 0.717) is 16.5 Å². The minimum absolute atomic E-state index is 0.0669. The van der Waals surface area contributed by atoms with Gasteiger partial charge in [-0.2, -0.15) is 5.26 Å². The molecule has 0 saturated heterocycles. The first-order chi connectivity index (χ1) is 6.60. The zero-order valence-corrected chi connectivity index (χ0v) is 8.98. The van der Waals surface area contributed by atoms with Gasteiger partial charge in [-0.25, -0.2) is 13.8 Å². The Kier molecular flexibility index (Phi) is 3.53. The van der Waals surface area contributed by atoms with E-state index in [-0.39, 0.29) is 11.4 Å². The molecule has 0 aliphatic heterocycles. The Morgan fingerprint density at radius 3 is 2.71 bits per heavy atom. The Hall–Kier alpha value is -1.02. The molecule has 0 radical (unpaired) electrons. The van der Waals surface area contributed by atoms with Gasteiger partial charge < -0.3 is 0 Å². The summed E-state index contributed by atoms with van der Waals surface area (Å²) in [6.07, 6.45) is -2.64. The van der Waals surface area contributed by atoms with Crippen LogP contribution in [0.2, 0.25) is 0 Å². The predicted molar refractivity (Wildman–Crippen MR) is 51.3 cm³/mol. The first-order valence-electron chi connectivity index (χ1n) is 3.84. The van der Waals surface area contributed by atoms with Crippen LogP contribution in [0.25, 0.3) is 0 Å². The first-order valence-corrected chi connectivity index (χ1v) is 4.97. The lowest BCUT2D eigenvalue weighted by molar-refractivity contribution is 0.146. The molecular weight excluding hydrogens is 254 g/mol. The maximum Gasteiger partial charge on any atom is 0.280 e. The van der Waals surface area contributed by atoms with Crippen LogP contribution in [0.5, 0.6) is 0 Å². The zero-order chi connectivity index (χ0) is 10.7. The van der Waals surface area contributed by atoms with Crippen LogP contribution in [-0.2, 0) is 5.33 Å². The van der Waals surface area contributed by atoms with Crippen molar-refractivity contribution in [1.29, 1.82) is 5.26 Å². The van der Waals surface area contributed by atoms with Crippen molar-refractivity contribution in [2.24, 2.45) is 0 Å². The van der Waals surface area contributed by atoms with Gasteiger partial charge in [-0.15, -0.1) is 0 Å². The lowest BCUT2D eigenvalue weighted by atomic mass is 10.1. The van der Waals surface area contributed by atoms with Crippen molar-refractivity contribution in [2.75, 3.05) is 0 Å². The van der Waals surface area contributed by atoms with E-state index in [1.807, 2.05) is 0 Å². The van der Waals surface area contributed by atoms with Crippen LogP contribution in [0.4, 0.5) is 8.78 Å². The number of hydrogen-bond donors (Lipinski definition) is 0. The zero-order valence-electron chi connectivity index (χ0n) is 7.39. The Labute approximate surface area is 88.7 Å². The highest BCUT2D eigenvalue weighted by Gasteiger charge is 2.14. The molecule has 0 atom stereocenters. The molecule has 1 aromatic rings. The summed E-state index contributed by atoms with van der Waals surface area (Å²) in [6.45, 7) is 1.69. The van der Waals surface area contributed by atoms with Crippen LogP contribution in [0, 0.1) is 18.3 Å². The van der Waals surface area contributed by atoms with Crippen LogP contribution in [0.1, 0.15) is 28.9 Å². The molecule has 1 heterocycles. The molecule has 0 aromatic carbocycles. The second-order valence-corrected chi connectivity index (χ2v) is 3.29. The van der Waals surface area contributed by atoms with Gasteiger partial charge in [0.1, 0.15) is 17.5 Å². The number of hydrogen-bond acceptors (Lipinski definition) is 2. The summed E-state index contributed by atoms with van der Waals surface area (Å²) < 4.78 is 24.7. The summed E-state index contributed by atoms with van der Waals surface area (Å²) in [5.74, 6) is 0. The molecule has 1 aromatic heterocycles. The molecule has 0 bridgehead atoms. The molecule has 0 spiro atoms. The maximum atomic E-state index is 12.3. The molecule has 0 fully saturated rings. The van der Waals surface area contributed by atoms with E-state index in [4.69, 9.17) is 5.26 Å². The van der Waals surface area contributed by atoms with Gasteiger partial charge in [-0.1, -0.05) is 15.9 Å². The Morgan fingerprint density at radius 1 is 1.64 bits per heavy atom. The molecule has 0 N–H and O–H groups in total. The lowest BCUT2D eigenvalue weighted by Crippen LogP contribution is -2.00. The maximum absolute atomic E-state index is 12.3. The summed E-state index contributed by atoms with van der Waals surface area (Å²) in [7, 11) is 0. The van der Waals surface area contributed by atoms with Crippen molar-refractivity contribution >= 4 is 15.9 Å². The number of rotatable bonds is 2. The van der Waals surface area contributed by atoms with Gasteiger partial charge in [0, 0.05) is 5.33 Å². The molecule has 5 heteroatoms. The molecule has 0 amide bonds. The van der Waals surface area contributed by atoms with Gasteiger partial charge in [0.25, 0.3) is 6.43 Å². The predicted octanol–water partition coefficient (Wildman–Crippen LogP) is 3.09. The van der Waals surface area contributed by atoms with Crippen LogP contribution < -0.4 is 0 Å². The second kappa shape index (κ2) is 4.47. The summed E-state index contributed by atoms with van der Waals surface area (Å²) in [4.78, 5) is 3.57. The van der Waals surface area contributed by atoms with Gasteiger partial charge in [-0.05, 0) is 24.1 Å². The van der Waals surface area contributed by atoms with E-state index in [2.05, 4.69) is 20.9 Å². The number of nitrogens with zero attached hydrogens (tertiary/aromatic N) is 2. The van der Waals surface area contributed by atoms with Crippen LogP contribution >= 0.6 is 15.9 Å². The van der Waals surface area contributed by atoms with Crippen LogP contribution in [0.3, 0.4) is 0 Å². The highest BCUT2D eigenvalue weighted by atomic mass is 79.9. The Morgan fingerprint density at radius 2 is 2.29 bits per heavy atom. The van der Waals surface area contributed by atoms with E-state index in [1.165, 1.54) is 6.07 Å². The molecule has 0 aliphatic carbocycles. The highest BCUT2D eigenvalue weighted by molar-refractivity contribution is 9.08. The van der Waals surface area contributed by atoms with E-state index < -0.39 is 6.43 Å². The van der Waals surface area contributed by atoms with Gasteiger partial charge in [0.05, 0.1) is 0 Å². The van der Waals surface area contributed by atoms with Crippen molar-refractivity contribution in [2.45, 2.75) is 18.7 Å². The van der Waals surface area contributed by atoms with Crippen LogP contribution in [-0.4, -0.2) is 4.98 Å². The largest absolute Gasteiger partial charge is 0.280 e. The van der Waals surface area contributed by atoms with E-state index in [1.54, 1.807) is 13.0 Å². The van der Waals surface area contributed by atoms with Crippen LogP contribution in [0.15, 0.2) is 6.07 Å². The third-order valence-electron chi connectivity index (χ3n) is 1.87. The average Bonchev–Trinajstić information content (AvgIpc) is 2.17. The molecule has 2 nitrogen and oxygen atoms in total. The minimum Gasteiger partial charge on any atom is -0.236 e. The summed E-state index contributed by atoms with van der Waals surface area (Å²) in [5.41, 5.74) is 1.04. The highest BCUT2D eigenvalue weighted by Crippen LogP contribution is 2.22. The average molecular weight is 261 g/mol. The molecule has 14 heavy (non-hydrogen) atoms. The van der Waals surface area contributed by atoms with Crippen molar-refractivity contribution in [3.8, 4) is 6.07 Å². The third-order valence-corrected chi connectivity index (χ3v) is 2.48. The number of halogens is 3. The summed E-state index contributed by atoms with van der Waals surface area (Å²) >= 11 is 3.17. The van der Waals surface area contributed by atoms with Crippen molar-refractivity contribution in [3.05, 3.63) is 28.6 Å². The summed E-state index contributed by atoms with van der Waals surface area (Å²) in [6, 6.07) is 3.12. The number of alkyl halides is 3. The fourth-order valence-corrected chi connectivity index (χ4v) is 1.63. The quantitative estimate of drug-likeness (QED) is 0.767.